The van der Waals surface area contributed by atoms with Gasteiger partial charge in [-0.3, -0.25) is 9.79 Å². The molecule has 3 rings (SSSR count). The molecule has 1 aromatic rings. The molecule has 6 heteroatoms. The number of nitrogens with zero attached hydrogens (tertiary/aromatic N) is 3. The second kappa shape index (κ2) is 7.15. The summed E-state index contributed by atoms with van der Waals surface area (Å²) < 4.78 is 5.35. The van der Waals surface area contributed by atoms with Crippen molar-refractivity contribution in [3.05, 3.63) is 35.4 Å². The molecular weight excluding hydrogens is 322 g/mol. The highest BCUT2D eigenvalue weighted by Crippen LogP contribution is 2.33. The minimum atomic E-state index is 0.106. The standard InChI is InChI=1S/C18H25N3O2S/c1-18(2)13-19-17(24-18)21-9-7-20(8-10-21)16(22)15-6-4-5-14(11-15)12-23-3/h4-6,11H,7-10,12-13H2,1-3H3. The van der Waals surface area contributed by atoms with E-state index in [-0.39, 0.29) is 10.7 Å². The van der Waals surface area contributed by atoms with Crippen LogP contribution < -0.4 is 0 Å². The maximum Gasteiger partial charge on any atom is 0.253 e. The van der Waals surface area contributed by atoms with Crippen LogP contribution in [0.5, 0.6) is 0 Å². The van der Waals surface area contributed by atoms with Crippen molar-refractivity contribution in [2.75, 3.05) is 39.8 Å². The maximum absolute atomic E-state index is 12.7. The van der Waals surface area contributed by atoms with E-state index < -0.39 is 0 Å². The van der Waals surface area contributed by atoms with Crippen molar-refractivity contribution in [1.29, 1.82) is 0 Å². The predicted octanol–water partition coefficient (Wildman–Crippen LogP) is 2.47. The molecule has 1 aromatic carbocycles. The summed E-state index contributed by atoms with van der Waals surface area (Å²) in [5.41, 5.74) is 1.77. The first-order chi connectivity index (χ1) is 11.5. The van der Waals surface area contributed by atoms with Crippen molar-refractivity contribution in [3.63, 3.8) is 0 Å². The van der Waals surface area contributed by atoms with E-state index in [1.807, 2.05) is 40.9 Å². The first-order valence-corrected chi connectivity index (χ1v) is 9.16. The number of methoxy groups -OCH3 is 1. The molecule has 1 amide bonds. The number of aliphatic imine (C=N–C) groups is 1. The third-order valence-electron chi connectivity index (χ3n) is 4.29. The normalized spacial score (nSPS) is 20.2. The molecule has 2 aliphatic heterocycles. The van der Waals surface area contributed by atoms with Gasteiger partial charge in [0.1, 0.15) is 0 Å². The van der Waals surface area contributed by atoms with Crippen LogP contribution in [0.3, 0.4) is 0 Å². The molecule has 0 N–H and O–H groups in total. The Morgan fingerprint density at radius 2 is 2.04 bits per heavy atom. The summed E-state index contributed by atoms with van der Waals surface area (Å²) in [6.45, 7) is 9.04. The zero-order valence-corrected chi connectivity index (χ0v) is 15.4. The predicted molar refractivity (Wildman–Crippen MR) is 98.6 cm³/mol. The van der Waals surface area contributed by atoms with Crippen molar-refractivity contribution in [3.8, 4) is 0 Å². The number of piperazine rings is 1. The number of thioether (sulfide) groups is 1. The van der Waals surface area contributed by atoms with Crippen LogP contribution in [0.15, 0.2) is 29.3 Å². The molecule has 0 saturated carbocycles. The number of ether oxygens (including phenoxy) is 1. The number of amides is 1. The van der Waals surface area contributed by atoms with Gasteiger partial charge in [-0.15, -0.1) is 0 Å². The Hall–Kier alpha value is -1.53. The molecule has 0 unspecified atom stereocenters. The third-order valence-corrected chi connectivity index (χ3v) is 5.54. The van der Waals surface area contributed by atoms with Crippen LogP contribution in [0.2, 0.25) is 0 Å². The van der Waals surface area contributed by atoms with E-state index in [2.05, 4.69) is 23.7 Å². The molecular formula is C18H25N3O2S. The summed E-state index contributed by atoms with van der Waals surface area (Å²) in [5.74, 6) is 0.106. The van der Waals surface area contributed by atoms with Gasteiger partial charge in [-0.2, -0.15) is 0 Å². The average molecular weight is 347 g/mol. The van der Waals surface area contributed by atoms with Gasteiger partial charge in [0, 0.05) is 43.6 Å². The fraction of sp³-hybridized carbons (Fsp3) is 0.556. The Morgan fingerprint density at radius 1 is 1.29 bits per heavy atom. The number of hydrogen-bond acceptors (Lipinski definition) is 5. The van der Waals surface area contributed by atoms with E-state index >= 15 is 0 Å². The molecule has 0 bridgehead atoms. The molecule has 130 valence electrons. The van der Waals surface area contributed by atoms with Gasteiger partial charge in [-0.1, -0.05) is 23.9 Å². The monoisotopic (exact) mass is 347 g/mol. The molecule has 2 aliphatic rings. The molecule has 0 radical (unpaired) electrons. The Kier molecular flexibility index (Phi) is 5.15. The van der Waals surface area contributed by atoms with E-state index in [1.54, 1.807) is 7.11 Å². The van der Waals surface area contributed by atoms with Crippen LogP contribution in [-0.4, -0.2) is 65.5 Å². The Bertz CT molecular complexity index is 637. The molecule has 0 spiro atoms. The highest BCUT2D eigenvalue weighted by Gasteiger charge is 2.32. The Balaban J connectivity index is 1.58. The van der Waals surface area contributed by atoms with Gasteiger partial charge < -0.3 is 14.5 Å². The van der Waals surface area contributed by atoms with Gasteiger partial charge >= 0.3 is 0 Å². The molecule has 1 fully saturated rings. The van der Waals surface area contributed by atoms with E-state index in [0.29, 0.717) is 6.61 Å². The highest BCUT2D eigenvalue weighted by atomic mass is 32.2. The molecule has 2 heterocycles. The Labute approximate surface area is 148 Å². The van der Waals surface area contributed by atoms with Crippen molar-refractivity contribution in [2.24, 2.45) is 4.99 Å². The summed E-state index contributed by atoms with van der Waals surface area (Å²) in [6, 6.07) is 7.71. The van der Waals surface area contributed by atoms with E-state index in [1.165, 1.54) is 0 Å². The van der Waals surface area contributed by atoms with Crippen LogP contribution in [0.1, 0.15) is 29.8 Å². The SMILES string of the molecule is COCc1cccc(C(=O)N2CCN(C3=NCC(C)(C)S3)CC2)c1. The van der Waals surface area contributed by atoms with Crippen molar-refractivity contribution in [2.45, 2.75) is 25.2 Å². The van der Waals surface area contributed by atoms with Gasteiger partial charge in [0.25, 0.3) is 5.91 Å². The van der Waals surface area contributed by atoms with Crippen molar-refractivity contribution >= 4 is 22.8 Å². The van der Waals surface area contributed by atoms with Gasteiger partial charge in [0.2, 0.25) is 0 Å². The van der Waals surface area contributed by atoms with Crippen LogP contribution >= 0.6 is 11.8 Å². The number of amidine groups is 1. The molecule has 5 nitrogen and oxygen atoms in total. The highest BCUT2D eigenvalue weighted by molar-refractivity contribution is 8.15. The van der Waals surface area contributed by atoms with Crippen LogP contribution in [0, 0.1) is 0 Å². The number of rotatable bonds is 3. The Morgan fingerprint density at radius 3 is 2.67 bits per heavy atom. The molecule has 1 saturated heterocycles. The fourth-order valence-electron chi connectivity index (χ4n) is 2.98. The quantitative estimate of drug-likeness (QED) is 0.843. The summed E-state index contributed by atoms with van der Waals surface area (Å²) in [5, 5.41) is 1.13. The number of carbonyl (C=O) groups is 1. The van der Waals surface area contributed by atoms with E-state index in [4.69, 9.17) is 4.74 Å². The summed E-state index contributed by atoms with van der Waals surface area (Å²) in [4.78, 5) is 21.6. The van der Waals surface area contributed by atoms with Gasteiger partial charge in [-0.05, 0) is 31.5 Å². The molecule has 0 atom stereocenters. The first-order valence-electron chi connectivity index (χ1n) is 8.34. The van der Waals surface area contributed by atoms with Crippen LogP contribution in [0.4, 0.5) is 0 Å². The first kappa shape index (κ1) is 17.3. The maximum atomic E-state index is 12.7. The minimum Gasteiger partial charge on any atom is -0.380 e. The van der Waals surface area contributed by atoms with E-state index in [0.717, 1.165) is 49.0 Å². The van der Waals surface area contributed by atoms with Crippen LogP contribution in [-0.2, 0) is 11.3 Å². The number of hydrogen-bond donors (Lipinski definition) is 0. The second-order valence-corrected chi connectivity index (χ2v) is 8.55. The minimum absolute atomic E-state index is 0.106. The van der Waals surface area contributed by atoms with Crippen molar-refractivity contribution in [1.82, 2.24) is 9.80 Å². The van der Waals surface area contributed by atoms with Gasteiger partial charge in [0.15, 0.2) is 5.17 Å². The van der Waals surface area contributed by atoms with Crippen LogP contribution in [0.25, 0.3) is 0 Å². The van der Waals surface area contributed by atoms with E-state index in [9.17, 15) is 4.79 Å². The molecule has 0 aromatic heterocycles. The fourth-order valence-corrected chi connectivity index (χ4v) is 4.04. The lowest BCUT2D eigenvalue weighted by Crippen LogP contribution is -2.50. The summed E-state index contributed by atoms with van der Waals surface area (Å²) in [7, 11) is 1.67. The smallest absolute Gasteiger partial charge is 0.253 e. The zero-order valence-electron chi connectivity index (χ0n) is 14.6. The lowest BCUT2D eigenvalue weighted by Gasteiger charge is -2.36. The summed E-state index contributed by atoms with van der Waals surface area (Å²) in [6.07, 6.45) is 0. The molecule has 24 heavy (non-hydrogen) atoms. The average Bonchev–Trinajstić information content (AvgIpc) is 2.95. The lowest BCUT2D eigenvalue weighted by molar-refractivity contribution is 0.0693. The second-order valence-electron chi connectivity index (χ2n) is 6.87. The lowest BCUT2D eigenvalue weighted by atomic mass is 10.1. The number of carbonyl (C=O) groups excluding carboxylic acids is 1. The van der Waals surface area contributed by atoms with Crippen molar-refractivity contribution < 1.29 is 9.53 Å². The zero-order chi connectivity index (χ0) is 17.2. The van der Waals surface area contributed by atoms with Gasteiger partial charge in [-0.25, -0.2) is 0 Å². The third kappa shape index (κ3) is 3.92. The topological polar surface area (TPSA) is 45.1 Å². The number of benzene rings is 1. The summed E-state index contributed by atoms with van der Waals surface area (Å²) >= 11 is 1.85. The molecule has 0 aliphatic carbocycles. The largest absolute Gasteiger partial charge is 0.380 e. The van der Waals surface area contributed by atoms with Gasteiger partial charge in [0.05, 0.1) is 13.2 Å².